The molecule has 4 aromatic carbocycles. The minimum absolute atomic E-state index is 0.00973. The van der Waals surface area contributed by atoms with Crippen molar-refractivity contribution < 1.29 is 43.8 Å². The number of rotatable bonds is 20. The summed E-state index contributed by atoms with van der Waals surface area (Å²) >= 11 is 0. The van der Waals surface area contributed by atoms with Crippen LogP contribution in [0.3, 0.4) is 0 Å². The maximum absolute atomic E-state index is 13.8. The van der Waals surface area contributed by atoms with Crippen LogP contribution in [0, 0.1) is 0 Å². The zero-order chi connectivity index (χ0) is 45.4. The smallest absolute Gasteiger partial charge is 0.260 e. The van der Waals surface area contributed by atoms with Crippen LogP contribution in [0.1, 0.15) is 70.5 Å². The van der Waals surface area contributed by atoms with Gasteiger partial charge in [-0.25, -0.2) is 9.95 Å². The van der Waals surface area contributed by atoms with Crippen LogP contribution in [0.2, 0.25) is 0 Å². The number of aldehydes is 1. The Morgan fingerprint density at radius 1 is 0.984 bits per heavy atom. The summed E-state index contributed by atoms with van der Waals surface area (Å²) in [7, 11) is 8.20. The molecule has 1 atom stereocenters. The molecule has 0 radical (unpaired) electrons. The molecule has 14 nitrogen and oxygen atoms in total. The lowest BCUT2D eigenvalue weighted by atomic mass is 10.0. The van der Waals surface area contributed by atoms with E-state index in [0.717, 1.165) is 48.9 Å². The Labute approximate surface area is 381 Å². The fourth-order valence-electron chi connectivity index (χ4n) is 8.04. The number of hydroxylamine groups is 1. The van der Waals surface area contributed by atoms with E-state index in [1.807, 2.05) is 49.8 Å². The first-order chi connectivity index (χ1) is 30.9. The molecule has 0 saturated carbocycles. The molecule has 1 fully saturated rings. The highest BCUT2D eigenvalue weighted by molar-refractivity contribution is 8.77. The van der Waals surface area contributed by atoms with Crippen LogP contribution in [0.25, 0.3) is 0 Å². The Morgan fingerprint density at radius 2 is 1.72 bits per heavy atom. The van der Waals surface area contributed by atoms with E-state index in [2.05, 4.69) is 54.7 Å². The van der Waals surface area contributed by atoms with Crippen LogP contribution >= 0.6 is 21.6 Å². The van der Waals surface area contributed by atoms with Gasteiger partial charge in [0.05, 0.1) is 49.4 Å². The zero-order valence-corrected chi connectivity index (χ0v) is 38.5. The van der Waals surface area contributed by atoms with E-state index in [9.17, 15) is 14.7 Å². The summed E-state index contributed by atoms with van der Waals surface area (Å²) in [6.45, 7) is 8.86. The molecular formula is C48H53N5O9S2. The van der Waals surface area contributed by atoms with Crippen LogP contribution < -0.4 is 24.2 Å². The number of nitrogens with zero attached hydrogens (tertiary/aromatic N) is 5. The molecule has 4 aromatic rings. The van der Waals surface area contributed by atoms with Gasteiger partial charge in [-0.05, 0) is 116 Å². The number of aromatic hydroxyl groups is 1. The number of amides is 1. The predicted molar refractivity (Wildman–Crippen MR) is 254 cm³/mol. The number of para-hydroxylation sites is 1. The lowest BCUT2D eigenvalue weighted by Gasteiger charge is -2.30. The van der Waals surface area contributed by atoms with Crippen LogP contribution in [0.5, 0.6) is 23.0 Å². The highest BCUT2D eigenvalue weighted by Crippen LogP contribution is 2.41. The van der Waals surface area contributed by atoms with Crippen molar-refractivity contribution in [3.63, 3.8) is 0 Å². The van der Waals surface area contributed by atoms with Crippen molar-refractivity contribution in [2.45, 2.75) is 63.5 Å². The quantitative estimate of drug-likeness (QED) is 0.0296. The molecule has 0 aromatic heterocycles. The third kappa shape index (κ3) is 10.6. The van der Waals surface area contributed by atoms with Crippen molar-refractivity contribution in [1.29, 1.82) is 0 Å². The minimum Gasteiger partial charge on any atom is -0.504 e. The Bertz CT molecular complexity index is 2470. The van der Waals surface area contributed by atoms with Crippen LogP contribution in [-0.2, 0) is 34.5 Å². The van der Waals surface area contributed by atoms with Crippen molar-refractivity contribution in [3.05, 3.63) is 118 Å². The number of anilines is 2. The summed E-state index contributed by atoms with van der Waals surface area (Å²) in [6, 6.07) is 20.1. The first-order valence-corrected chi connectivity index (χ1v) is 23.3. The average molecular weight is 908 g/mol. The molecule has 1 amide bonds. The Morgan fingerprint density at radius 3 is 2.42 bits per heavy atom. The topological polar surface area (TPSA) is 144 Å². The van der Waals surface area contributed by atoms with E-state index in [4.69, 9.17) is 34.1 Å². The van der Waals surface area contributed by atoms with Gasteiger partial charge in [0.1, 0.15) is 13.2 Å². The first kappa shape index (κ1) is 46.2. The number of benzene rings is 4. The number of hydrogen-bond acceptors (Lipinski definition) is 15. The maximum Gasteiger partial charge on any atom is 0.260 e. The first-order valence-electron chi connectivity index (χ1n) is 20.8. The molecule has 64 heavy (non-hydrogen) atoms. The van der Waals surface area contributed by atoms with Crippen molar-refractivity contribution in [1.82, 2.24) is 4.90 Å². The summed E-state index contributed by atoms with van der Waals surface area (Å²) in [5.41, 5.74) is 7.77. The van der Waals surface area contributed by atoms with E-state index in [1.165, 1.54) is 31.9 Å². The van der Waals surface area contributed by atoms with Gasteiger partial charge in [-0.3, -0.25) is 19.6 Å². The number of ether oxygens (including phenoxy) is 3. The molecule has 336 valence electrons. The lowest BCUT2D eigenvalue weighted by Crippen LogP contribution is -2.36. The summed E-state index contributed by atoms with van der Waals surface area (Å²) in [5, 5.41) is 17.8. The SMILES string of the molecule is C=Nc1cc(OCc2cc(COc3cc(/N=C\C4Cc5ccccc5N4C)c(C=O)cc3OC)cc(N(CC(C)(C)SSC)OOOC)c2)c(O)cc1C(=O)N1CCC2=CCCC=C21. The van der Waals surface area contributed by atoms with Crippen LogP contribution in [-0.4, -0.2) is 86.5 Å². The Kier molecular flexibility index (Phi) is 15.0. The molecule has 16 heteroatoms. The maximum atomic E-state index is 13.8. The van der Waals surface area contributed by atoms with Crippen molar-refractivity contribution in [2.75, 3.05) is 50.6 Å². The van der Waals surface area contributed by atoms with Gasteiger partial charge in [0.15, 0.2) is 29.3 Å². The van der Waals surface area contributed by atoms with Crippen LogP contribution in [0.4, 0.5) is 22.7 Å². The van der Waals surface area contributed by atoms with E-state index in [0.29, 0.717) is 52.7 Å². The summed E-state index contributed by atoms with van der Waals surface area (Å²) < 4.78 is 18.1. The van der Waals surface area contributed by atoms with Crippen molar-refractivity contribution >= 4 is 69.5 Å². The van der Waals surface area contributed by atoms with E-state index in [1.54, 1.807) is 43.7 Å². The fraction of sp³-hybridized carbons (Fsp3) is 0.333. The normalized spacial score (nSPS) is 15.7. The summed E-state index contributed by atoms with van der Waals surface area (Å²) in [6.07, 6.45) is 12.3. The number of allylic oxidation sites excluding steroid dienone is 3. The molecule has 1 saturated heterocycles. The molecular weight excluding hydrogens is 855 g/mol. The van der Waals surface area contributed by atoms with E-state index >= 15 is 0 Å². The van der Waals surface area contributed by atoms with Gasteiger partial charge in [-0.1, -0.05) is 56.9 Å². The summed E-state index contributed by atoms with van der Waals surface area (Å²) in [4.78, 5) is 49.4. The monoisotopic (exact) mass is 907 g/mol. The number of likely N-dealkylation sites (N-methyl/N-ethyl adjacent to an activating group) is 1. The predicted octanol–water partition coefficient (Wildman–Crippen LogP) is 9.94. The average Bonchev–Trinajstić information content (AvgIpc) is 3.88. The molecule has 3 aliphatic rings. The van der Waals surface area contributed by atoms with E-state index < -0.39 is 0 Å². The lowest BCUT2D eigenvalue weighted by molar-refractivity contribution is -0.507. The highest BCUT2D eigenvalue weighted by atomic mass is 33.1. The molecule has 0 spiro atoms. The molecule has 1 N–H and O–H groups in total. The number of fused-ring (bicyclic) bond motifs is 2. The zero-order valence-electron chi connectivity index (χ0n) is 36.9. The molecule has 2 heterocycles. The van der Waals surface area contributed by atoms with E-state index in [-0.39, 0.29) is 52.7 Å². The number of carbonyl (C=O) groups excluding carboxylic acids is 2. The fourth-order valence-corrected chi connectivity index (χ4v) is 10.2. The second kappa shape index (κ2) is 20.8. The largest absolute Gasteiger partial charge is 0.504 e. The molecule has 2 aliphatic heterocycles. The van der Waals surface area contributed by atoms with Gasteiger partial charge >= 0.3 is 0 Å². The third-order valence-electron chi connectivity index (χ3n) is 11.1. The van der Waals surface area contributed by atoms with Gasteiger partial charge < -0.3 is 29.1 Å². The third-order valence-corrected chi connectivity index (χ3v) is 13.7. The van der Waals surface area contributed by atoms with Gasteiger partial charge in [0.2, 0.25) is 0 Å². The minimum atomic E-state index is -0.306. The van der Waals surface area contributed by atoms with Gasteiger partial charge in [0, 0.05) is 53.6 Å². The van der Waals surface area contributed by atoms with Crippen molar-refractivity contribution in [3.8, 4) is 23.0 Å². The van der Waals surface area contributed by atoms with Gasteiger partial charge in [0.25, 0.3) is 5.91 Å². The summed E-state index contributed by atoms with van der Waals surface area (Å²) in [5.74, 6) is 0.384. The molecule has 1 aliphatic carbocycles. The highest BCUT2D eigenvalue weighted by Gasteiger charge is 2.31. The Balaban J connectivity index is 1.16. The Hall–Kier alpha value is -5.78. The van der Waals surface area contributed by atoms with Crippen molar-refractivity contribution in [2.24, 2.45) is 9.98 Å². The number of phenols is 1. The molecule has 7 rings (SSSR count). The number of likely N-dealkylation sites (tertiary alicyclic amines) is 1. The van der Waals surface area contributed by atoms with Gasteiger partial charge in [-0.2, -0.15) is 0 Å². The second-order valence-electron chi connectivity index (χ2n) is 16.0. The number of methoxy groups -OCH3 is 1. The van der Waals surface area contributed by atoms with Crippen LogP contribution in [0.15, 0.2) is 100 Å². The number of carbonyl (C=O) groups is 2. The number of hydrogen-bond donors (Lipinski definition) is 1. The second-order valence-corrected chi connectivity index (χ2v) is 19.1. The standard InChI is InChI=1S/C48H53N5O9S2/c1-48(2,64-63-7)30-53(61-62-58-6)36-19-31(28-59-44-25-40(49-3)38(23-43(44)55)47(56)52-17-16-33-12-8-11-15-42(33)52)18-32(20-36)29-60-46-24-39(35(27-54)22-45(46)57-5)50-26-37-21-34-13-9-10-14-41(34)51(37)4/h9-10,12-15,18-20,22-27,37,55H,3,8,11,16-17,21,28-30H2,1-2,4-7H3/b50-26-. The number of phenolic OH excluding ortho intramolecular Hbond substituents is 1. The molecule has 0 bridgehead atoms. The number of aliphatic imine (C=N–C) groups is 2. The molecule has 1 unspecified atom stereocenters. The van der Waals surface area contributed by atoms with Gasteiger partial charge in [-0.15, -0.1) is 0 Å².